The van der Waals surface area contributed by atoms with Crippen LogP contribution in [0.1, 0.15) is 32.3 Å². The lowest BCUT2D eigenvalue weighted by molar-refractivity contribution is 0.105. The highest BCUT2D eigenvalue weighted by Crippen LogP contribution is 2.31. The second kappa shape index (κ2) is 6.94. The van der Waals surface area contributed by atoms with Crippen LogP contribution in [0.15, 0.2) is 18.2 Å². The zero-order chi connectivity index (χ0) is 14.6. The standard InChI is InChI=1S/C15H24Cl2N2/c1-5-15(6-2,19(3)4)14(18)10-11-12(16)8-7-9-13(11)17/h7-9,14H,5-6,10,18H2,1-4H3. The lowest BCUT2D eigenvalue weighted by atomic mass is 9.81. The van der Waals surface area contributed by atoms with Gasteiger partial charge in [-0.1, -0.05) is 43.1 Å². The van der Waals surface area contributed by atoms with E-state index in [0.717, 1.165) is 18.4 Å². The maximum absolute atomic E-state index is 6.49. The molecule has 0 saturated carbocycles. The van der Waals surface area contributed by atoms with E-state index in [0.29, 0.717) is 16.5 Å². The molecular weight excluding hydrogens is 279 g/mol. The van der Waals surface area contributed by atoms with Crippen LogP contribution in [0.3, 0.4) is 0 Å². The number of halogens is 2. The zero-order valence-electron chi connectivity index (χ0n) is 12.2. The minimum Gasteiger partial charge on any atom is -0.326 e. The molecule has 0 aliphatic carbocycles. The summed E-state index contributed by atoms with van der Waals surface area (Å²) >= 11 is 12.5. The number of benzene rings is 1. The highest BCUT2D eigenvalue weighted by atomic mass is 35.5. The van der Waals surface area contributed by atoms with Crippen molar-refractivity contribution in [3.8, 4) is 0 Å². The first-order valence-electron chi connectivity index (χ1n) is 6.75. The predicted octanol–water partition coefficient (Wildman–Crippen LogP) is 3.98. The first-order chi connectivity index (χ1) is 8.89. The molecule has 1 rings (SSSR count). The topological polar surface area (TPSA) is 29.3 Å². The first kappa shape index (κ1) is 16.8. The normalized spacial score (nSPS) is 13.9. The Kier molecular flexibility index (Phi) is 6.13. The Morgan fingerprint density at radius 1 is 1.16 bits per heavy atom. The molecule has 0 aliphatic rings. The van der Waals surface area contributed by atoms with Crippen molar-refractivity contribution >= 4 is 23.2 Å². The molecule has 1 unspecified atom stereocenters. The highest BCUT2D eigenvalue weighted by molar-refractivity contribution is 6.36. The summed E-state index contributed by atoms with van der Waals surface area (Å²) in [5.41, 5.74) is 7.41. The quantitative estimate of drug-likeness (QED) is 0.861. The van der Waals surface area contributed by atoms with E-state index in [4.69, 9.17) is 28.9 Å². The molecule has 0 aliphatic heterocycles. The molecule has 19 heavy (non-hydrogen) atoms. The minimum atomic E-state index is -0.0253. The van der Waals surface area contributed by atoms with Gasteiger partial charge in [0.1, 0.15) is 0 Å². The molecule has 108 valence electrons. The summed E-state index contributed by atoms with van der Waals surface area (Å²) in [7, 11) is 4.17. The molecule has 0 aromatic heterocycles. The Balaban J connectivity index is 3.03. The summed E-state index contributed by atoms with van der Waals surface area (Å²) in [5, 5.41) is 1.39. The van der Waals surface area contributed by atoms with E-state index in [-0.39, 0.29) is 11.6 Å². The van der Waals surface area contributed by atoms with E-state index < -0.39 is 0 Å². The van der Waals surface area contributed by atoms with Crippen molar-refractivity contribution < 1.29 is 0 Å². The summed E-state index contributed by atoms with van der Waals surface area (Å²) in [6, 6.07) is 5.59. The van der Waals surface area contributed by atoms with Crippen molar-refractivity contribution in [1.82, 2.24) is 4.90 Å². The lowest BCUT2D eigenvalue weighted by Crippen LogP contribution is -2.57. The molecule has 2 nitrogen and oxygen atoms in total. The van der Waals surface area contributed by atoms with Crippen molar-refractivity contribution in [3.05, 3.63) is 33.8 Å². The molecule has 0 saturated heterocycles. The van der Waals surface area contributed by atoms with E-state index in [1.165, 1.54) is 0 Å². The third-order valence-corrected chi connectivity index (χ3v) is 5.00. The van der Waals surface area contributed by atoms with E-state index >= 15 is 0 Å². The lowest BCUT2D eigenvalue weighted by Gasteiger charge is -2.43. The second-order valence-electron chi connectivity index (χ2n) is 5.22. The largest absolute Gasteiger partial charge is 0.326 e. The molecule has 0 radical (unpaired) electrons. The molecule has 1 atom stereocenters. The fraction of sp³-hybridized carbons (Fsp3) is 0.600. The van der Waals surface area contributed by atoms with E-state index in [1.807, 2.05) is 18.2 Å². The summed E-state index contributed by atoms with van der Waals surface area (Å²) in [6.45, 7) is 4.36. The molecular formula is C15H24Cl2N2. The fourth-order valence-electron chi connectivity index (χ4n) is 2.88. The number of rotatable bonds is 6. The van der Waals surface area contributed by atoms with E-state index in [2.05, 4.69) is 32.8 Å². The average Bonchev–Trinajstić information content (AvgIpc) is 2.36. The number of likely N-dealkylation sites (N-methyl/N-ethyl adjacent to an activating group) is 1. The summed E-state index contributed by atoms with van der Waals surface area (Å²) in [6.07, 6.45) is 2.69. The summed E-state index contributed by atoms with van der Waals surface area (Å²) < 4.78 is 0. The minimum absolute atomic E-state index is 0.00472. The van der Waals surface area contributed by atoms with Crippen molar-refractivity contribution in [1.29, 1.82) is 0 Å². The van der Waals surface area contributed by atoms with Gasteiger partial charge in [-0.3, -0.25) is 0 Å². The van der Waals surface area contributed by atoms with Crippen molar-refractivity contribution in [2.75, 3.05) is 14.1 Å². The highest BCUT2D eigenvalue weighted by Gasteiger charge is 2.35. The van der Waals surface area contributed by atoms with Crippen LogP contribution in [0.4, 0.5) is 0 Å². The molecule has 0 spiro atoms. The number of hydrogen-bond donors (Lipinski definition) is 1. The summed E-state index contributed by atoms with van der Waals surface area (Å²) in [4.78, 5) is 2.22. The van der Waals surface area contributed by atoms with Gasteiger partial charge in [0.2, 0.25) is 0 Å². The molecule has 0 fully saturated rings. The Labute approximate surface area is 126 Å². The van der Waals surface area contributed by atoms with Gasteiger partial charge in [0.25, 0.3) is 0 Å². The Hall–Kier alpha value is -0.280. The molecule has 2 N–H and O–H groups in total. The SMILES string of the molecule is CCC(CC)(C(N)Cc1c(Cl)cccc1Cl)N(C)C. The number of hydrogen-bond acceptors (Lipinski definition) is 2. The van der Waals surface area contributed by atoms with Gasteiger partial charge in [0.15, 0.2) is 0 Å². The van der Waals surface area contributed by atoms with E-state index in [9.17, 15) is 0 Å². The van der Waals surface area contributed by atoms with Crippen molar-refractivity contribution in [3.63, 3.8) is 0 Å². The zero-order valence-corrected chi connectivity index (χ0v) is 13.7. The maximum Gasteiger partial charge on any atom is 0.0453 e. The first-order valence-corrected chi connectivity index (χ1v) is 7.50. The van der Waals surface area contributed by atoms with Gasteiger partial charge in [-0.2, -0.15) is 0 Å². The third kappa shape index (κ3) is 3.43. The van der Waals surface area contributed by atoms with Crippen LogP contribution >= 0.6 is 23.2 Å². The number of nitrogens with zero attached hydrogens (tertiary/aromatic N) is 1. The van der Waals surface area contributed by atoms with Crippen LogP contribution in [0, 0.1) is 0 Å². The molecule has 4 heteroatoms. The second-order valence-corrected chi connectivity index (χ2v) is 6.03. The Morgan fingerprint density at radius 3 is 2.00 bits per heavy atom. The summed E-state index contributed by atoms with van der Waals surface area (Å²) in [5.74, 6) is 0. The third-order valence-electron chi connectivity index (χ3n) is 4.29. The molecule has 0 amide bonds. The molecule has 0 heterocycles. The molecule has 0 bridgehead atoms. The monoisotopic (exact) mass is 302 g/mol. The molecule has 1 aromatic rings. The van der Waals surface area contributed by atoms with Crippen molar-refractivity contribution in [2.45, 2.75) is 44.7 Å². The van der Waals surface area contributed by atoms with E-state index in [1.54, 1.807) is 0 Å². The van der Waals surface area contributed by atoms with Gasteiger partial charge in [-0.05, 0) is 51.1 Å². The average molecular weight is 303 g/mol. The maximum atomic E-state index is 6.49. The smallest absolute Gasteiger partial charge is 0.0453 e. The number of nitrogens with two attached hydrogens (primary N) is 1. The van der Waals surface area contributed by atoms with Crippen LogP contribution in [-0.4, -0.2) is 30.6 Å². The van der Waals surface area contributed by atoms with Crippen molar-refractivity contribution in [2.24, 2.45) is 5.73 Å². The van der Waals surface area contributed by atoms with Crippen LogP contribution in [0.2, 0.25) is 10.0 Å². The molecule has 1 aromatic carbocycles. The van der Waals surface area contributed by atoms with Gasteiger partial charge in [0, 0.05) is 21.6 Å². The predicted molar refractivity (Wildman–Crippen MR) is 85.1 cm³/mol. The van der Waals surface area contributed by atoms with Gasteiger partial charge in [-0.15, -0.1) is 0 Å². The van der Waals surface area contributed by atoms with Gasteiger partial charge >= 0.3 is 0 Å². The Bertz CT molecular complexity index is 394. The van der Waals surface area contributed by atoms with Crippen LogP contribution < -0.4 is 5.73 Å². The fourth-order valence-corrected chi connectivity index (χ4v) is 3.43. The van der Waals surface area contributed by atoms with Gasteiger partial charge < -0.3 is 10.6 Å². The van der Waals surface area contributed by atoms with Crippen LogP contribution in [0.5, 0.6) is 0 Å². The van der Waals surface area contributed by atoms with Crippen LogP contribution in [-0.2, 0) is 6.42 Å². The van der Waals surface area contributed by atoms with Gasteiger partial charge in [-0.25, -0.2) is 0 Å². The van der Waals surface area contributed by atoms with Crippen LogP contribution in [0.25, 0.3) is 0 Å². The van der Waals surface area contributed by atoms with Gasteiger partial charge in [0.05, 0.1) is 0 Å². The Morgan fingerprint density at radius 2 is 1.63 bits per heavy atom.